The second kappa shape index (κ2) is 7.00. The van der Waals surface area contributed by atoms with Gasteiger partial charge in [0.25, 0.3) is 0 Å². The third-order valence-corrected chi connectivity index (χ3v) is 3.15. The van der Waals surface area contributed by atoms with Crippen LogP contribution < -0.4 is 5.32 Å². The van der Waals surface area contributed by atoms with Crippen LogP contribution in [0.15, 0.2) is 47.1 Å². The van der Waals surface area contributed by atoms with Gasteiger partial charge in [-0.2, -0.15) is 0 Å². The third-order valence-electron chi connectivity index (χ3n) is 2.85. The van der Waals surface area contributed by atoms with Gasteiger partial charge in [0.05, 0.1) is 6.26 Å². The molecule has 2 rings (SSSR count). The lowest BCUT2D eigenvalue weighted by molar-refractivity contribution is -0.121. The fraction of sp³-hybridized carbons (Fsp3) is 0.267. The summed E-state index contributed by atoms with van der Waals surface area (Å²) in [5, 5.41) is 2.89. The molecule has 1 aromatic heterocycles. The molecule has 0 atom stereocenters. The minimum absolute atomic E-state index is 0.0258. The van der Waals surface area contributed by atoms with Crippen LogP contribution in [0.4, 0.5) is 0 Å². The van der Waals surface area contributed by atoms with Crippen LogP contribution in [0.25, 0.3) is 0 Å². The van der Waals surface area contributed by atoms with E-state index >= 15 is 0 Å². The SMILES string of the molecule is O=C(CCc1ccco1)NCc1ccc(CCl)cc1. The van der Waals surface area contributed by atoms with Crippen LogP contribution in [0, 0.1) is 0 Å². The average molecular weight is 278 g/mol. The minimum Gasteiger partial charge on any atom is -0.469 e. The Balaban J connectivity index is 1.73. The topological polar surface area (TPSA) is 42.2 Å². The van der Waals surface area contributed by atoms with Gasteiger partial charge in [-0.05, 0) is 23.3 Å². The van der Waals surface area contributed by atoms with E-state index in [0.717, 1.165) is 16.9 Å². The third kappa shape index (κ3) is 4.45. The second-order valence-corrected chi connectivity index (χ2v) is 4.57. The van der Waals surface area contributed by atoms with Crippen molar-refractivity contribution in [2.75, 3.05) is 0 Å². The van der Waals surface area contributed by atoms with Crippen LogP contribution >= 0.6 is 11.6 Å². The van der Waals surface area contributed by atoms with Gasteiger partial charge in [-0.3, -0.25) is 4.79 Å². The van der Waals surface area contributed by atoms with E-state index in [1.54, 1.807) is 6.26 Å². The van der Waals surface area contributed by atoms with Gasteiger partial charge >= 0.3 is 0 Å². The van der Waals surface area contributed by atoms with Crippen molar-refractivity contribution >= 4 is 17.5 Å². The van der Waals surface area contributed by atoms with Crippen LogP contribution in [0.2, 0.25) is 0 Å². The number of hydrogen-bond acceptors (Lipinski definition) is 2. The molecule has 0 aliphatic carbocycles. The Labute approximate surface area is 117 Å². The first kappa shape index (κ1) is 13.7. The summed E-state index contributed by atoms with van der Waals surface area (Å²) in [7, 11) is 0. The molecule has 2 aromatic rings. The fourth-order valence-corrected chi connectivity index (χ4v) is 1.90. The maximum Gasteiger partial charge on any atom is 0.220 e. The quantitative estimate of drug-likeness (QED) is 0.824. The normalized spacial score (nSPS) is 10.4. The van der Waals surface area contributed by atoms with E-state index in [9.17, 15) is 4.79 Å². The number of benzene rings is 1. The molecule has 1 heterocycles. The first-order chi connectivity index (χ1) is 9.28. The van der Waals surface area contributed by atoms with Crippen LogP contribution in [0.5, 0.6) is 0 Å². The van der Waals surface area contributed by atoms with Crippen molar-refractivity contribution in [2.45, 2.75) is 25.3 Å². The number of carbonyl (C=O) groups excluding carboxylic acids is 1. The predicted octanol–water partition coefficient (Wildman–Crippen LogP) is 3.27. The zero-order chi connectivity index (χ0) is 13.5. The lowest BCUT2D eigenvalue weighted by Gasteiger charge is -2.05. The molecule has 0 saturated carbocycles. The Morgan fingerprint density at radius 1 is 1.16 bits per heavy atom. The number of rotatable bonds is 6. The average Bonchev–Trinajstić information content (AvgIpc) is 2.96. The molecule has 1 amide bonds. The first-order valence-electron chi connectivity index (χ1n) is 6.21. The minimum atomic E-state index is 0.0258. The van der Waals surface area contributed by atoms with Crippen molar-refractivity contribution in [1.29, 1.82) is 0 Å². The van der Waals surface area contributed by atoms with E-state index in [1.165, 1.54) is 0 Å². The highest BCUT2D eigenvalue weighted by Crippen LogP contribution is 2.07. The Hall–Kier alpha value is -1.74. The summed E-state index contributed by atoms with van der Waals surface area (Å²) in [5.41, 5.74) is 2.15. The first-order valence-corrected chi connectivity index (χ1v) is 6.74. The molecule has 0 fully saturated rings. The molecule has 4 heteroatoms. The van der Waals surface area contributed by atoms with Gasteiger partial charge in [0, 0.05) is 25.3 Å². The summed E-state index contributed by atoms with van der Waals surface area (Å²) in [5.74, 6) is 1.37. The second-order valence-electron chi connectivity index (χ2n) is 4.31. The number of carbonyl (C=O) groups is 1. The van der Waals surface area contributed by atoms with Crippen molar-refractivity contribution in [3.63, 3.8) is 0 Å². The van der Waals surface area contributed by atoms with Crippen LogP contribution in [-0.2, 0) is 23.6 Å². The maximum absolute atomic E-state index is 11.7. The Bertz CT molecular complexity index is 505. The number of alkyl halides is 1. The number of halogens is 1. The Morgan fingerprint density at radius 3 is 2.53 bits per heavy atom. The molecular weight excluding hydrogens is 262 g/mol. The van der Waals surface area contributed by atoms with Gasteiger partial charge in [-0.1, -0.05) is 24.3 Å². The molecule has 3 nitrogen and oxygen atoms in total. The molecular formula is C15H16ClNO2. The van der Waals surface area contributed by atoms with E-state index in [0.29, 0.717) is 25.3 Å². The van der Waals surface area contributed by atoms with Crippen LogP contribution in [0.1, 0.15) is 23.3 Å². The molecule has 100 valence electrons. The summed E-state index contributed by atoms with van der Waals surface area (Å²) in [6.45, 7) is 0.541. The molecule has 0 bridgehead atoms. The molecule has 0 radical (unpaired) electrons. The van der Waals surface area contributed by atoms with Gasteiger partial charge < -0.3 is 9.73 Å². The smallest absolute Gasteiger partial charge is 0.220 e. The number of aryl methyl sites for hydroxylation is 1. The number of amides is 1. The van der Waals surface area contributed by atoms with Crippen molar-refractivity contribution < 1.29 is 9.21 Å². The Kier molecular flexibility index (Phi) is 5.04. The molecule has 1 aromatic carbocycles. The van der Waals surface area contributed by atoms with Gasteiger partial charge in [-0.25, -0.2) is 0 Å². The summed E-state index contributed by atoms with van der Waals surface area (Å²) in [6, 6.07) is 11.6. The van der Waals surface area contributed by atoms with E-state index in [-0.39, 0.29) is 5.91 Å². The molecule has 0 aliphatic rings. The zero-order valence-corrected chi connectivity index (χ0v) is 11.3. The molecule has 0 aliphatic heterocycles. The highest BCUT2D eigenvalue weighted by molar-refractivity contribution is 6.17. The molecule has 1 N–H and O–H groups in total. The van der Waals surface area contributed by atoms with Crippen LogP contribution in [-0.4, -0.2) is 5.91 Å². The van der Waals surface area contributed by atoms with Gasteiger partial charge in [0.2, 0.25) is 5.91 Å². The highest BCUT2D eigenvalue weighted by atomic mass is 35.5. The number of nitrogens with one attached hydrogen (secondary N) is 1. The molecule has 19 heavy (non-hydrogen) atoms. The largest absolute Gasteiger partial charge is 0.469 e. The maximum atomic E-state index is 11.7. The monoisotopic (exact) mass is 277 g/mol. The molecule has 0 spiro atoms. The van der Waals surface area contributed by atoms with E-state index < -0.39 is 0 Å². The van der Waals surface area contributed by atoms with Gasteiger partial charge in [0.1, 0.15) is 5.76 Å². The summed E-state index contributed by atoms with van der Waals surface area (Å²) < 4.78 is 5.18. The van der Waals surface area contributed by atoms with Gasteiger partial charge in [-0.15, -0.1) is 11.6 Å². The van der Waals surface area contributed by atoms with Crippen molar-refractivity contribution in [3.05, 3.63) is 59.5 Å². The predicted molar refractivity (Wildman–Crippen MR) is 74.9 cm³/mol. The summed E-state index contributed by atoms with van der Waals surface area (Å²) in [6.07, 6.45) is 2.68. The zero-order valence-electron chi connectivity index (χ0n) is 10.6. The number of furan rings is 1. The fourth-order valence-electron chi connectivity index (χ4n) is 1.73. The van der Waals surface area contributed by atoms with E-state index in [4.69, 9.17) is 16.0 Å². The molecule has 0 unspecified atom stereocenters. The Morgan fingerprint density at radius 2 is 1.89 bits per heavy atom. The van der Waals surface area contributed by atoms with Crippen molar-refractivity contribution in [3.8, 4) is 0 Å². The van der Waals surface area contributed by atoms with Crippen molar-refractivity contribution in [1.82, 2.24) is 5.32 Å². The molecule has 0 saturated heterocycles. The standard InChI is InChI=1S/C15H16ClNO2/c16-10-12-3-5-13(6-4-12)11-17-15(18)8-7-14-2-1-9-19-14/h1-6,9H,7-8,10-11H2,(H,17,18). The number of hydrogen-bond donors (Lipinski definition) is 1. The summed E-state index contributed by atoms with van der Waals surface area (Å²) >= 11 is 5.72. The van der Waals surface area contributed by atoms with E-state index in [2.05, 4.69) is 5.32 Å². The van der Waals surface area contributed by atoms with Gasteiger partial charge in [0.15, 0.2) is 0 Å². The van der Waals surface area contributed by atoms with E-state index in [1.807, 2.05) is 36.4 Å². The highest BCUT2D eigenvalue weighted by Gasteiger charge is 2.03. The summed E-state index contributed by atoms with van der Waals surface area (Å²) in [4.78, 5) is 11.7. The van der Waals surface area contributed by atoms with Crippen LogP contribution in [0.3, 0.4) is 0 Å². The lowest BCUT2D eigenvalue weighted by atomic mass is 10.1. The lowest BCUT2D eigenvalue weighted by Crippen LogP contribution is -2.22. The van der Waals surface area contributed by atoms with Crippen molar-refractivity contribution in [2.24, 2.45) is 0 Å².